The molecule has 0 radical (unpaired) electrons. The Bertz CT molecular complexity index is 1680. The van der Waals surface area contributed by atoms with E-state index in [4.69, 9.17) is 19.7 Å². The number of rotatable bonds is 6. The van der Waals surface area contributed by atoms with E-state index in [2.05, 4.69) is 39.4 Å². The van der Waals surface area contributed by atoms with Gasteiger partial charge in [-0.05, 0) is 86.7 Å². The lowest BCUT2D eigenvalue weighted by Crippen LogP contribution is -2.51. The molecule has 4 aliphatic heterocycles. The molecule has 1 aliphatic carbocycles. The van der Waals surface area contributed by atoms with Gasteiger partial charge < -0.3 is 15.0 Å². The summed E-state index contributed by atoms with van der Waals surface area (Å²) in [6.07, 6.45) is 11.2. The topological polar surface area (TPSA) is 66.4 Å². The van der Waals surface area contributed by atoms with Gasteiger partial charge in [0.05, 0.1) is 10.9 Å². The van der Waals surface area contributed by atoms with Gasteiger partial charge in [-0.2, -0.15) is 9.97 Å². The molecule has 1 N–H and O–H groups in total. The Hall–Kier alpha value is -3.36. The van der Waals surface area contributed by atoms with E-state index in [9.17, 15) is 0 Å². The molecule has 9 rings (SSSR count). The molecular formula is C34H37FN6O. The summed E-state index contributed by atoms with van der Waals surface area (Å²) in [4.78, 5) is 19.4. The molecule has 0 amide bonds. The Morgan fingerprint density at radius 1 is 0.952 bits per heavy atom. The zero-order valence-electron chi connectivity index (χ0n) is 24.0. The minimum Gasteiger partial charge on any atom is -0.461 e. The van der Waals surface area contributed by atoms with Crippen molar-refractivity contribution in [2.75, 3.05) is 37.7 Å². The zero-order chi connectivity index (χ0) is 27.8. The number of benzene rings is 2. The van der Waals surface area contributed by atoms with E-state index >= 15 is 4.39 Å². The molecule has 7 nitrogen and oxygen atoms in total. The number of pyridine rings is 1. The summed E-state index contributed by atoms with van der Waals surface area (Å²) in [7, 11) is 0. The van der Waals surface area contributed by atoms with Crippen LogP contribution in [-0.2, 0) is 0 Å². The van der Waals surface area contributed by atoms with Gasteiger partial charge in [-0.3, -0.25) is 9.88 Å². The van der Waals surface area contributed by atoms with E-state index in [1.807, 2.05) is 12.1 Å². The predicted octanol–water partition coefficient (Wildman–Crippen LogP) is 5.81. The van der Waals surface area contributed by atoms with E-state index in [1.54, 1.807) is 6.20 Å². The fourth-order valence-electron chi connectivity index (χ4n) is 8.45. The predicted molar refractivity (Wildman–Crippen MR) is 163 cm³/mol. The molecule has 2 aromatic heterocycles. The Labute approximate surface area is 245 Å². The minimum absolute atomic E-state index is 0.0662. The van der Waals surface area contributed by atoms with E-state index in [-0.39, 0.29) is 11.5 Å². The largest absolute Gasteiger partial charge is 0.461 e. The van der Waals surface area contributed by atoms with Gasteiger partial charge in [0.1, 0.15) is 23.6 Å². The third-order valence-corrected chi connectivity index (χ3v) is 10.6. The molecule has 2 bridgehead atoms. The number of piperazine rings is 1. The lowest BCUT2D eigenvalue weighted by molar-refractivity contribution is 0.108. The van der Waals surface area contributed by atoms with Gasteiger partial charge in [0.25, 0.3) is 0 Å². The maximum absolute atomic E-state index is 16.8. The van der Waals surface area contributed by atoms with E-state index in [0.29, 0.717) is 41.2 Å². The minimum atomic E-state index is -0.390. The molecule has 4 saturated heterocycles. The summed E-state index contributed by atoms with van der Waals surface area (Å²) in [5, 5.41) is 6.60. The maximum atomic E-state index is 16.8. The second-order valence-corrected chi connectivity index (χ2v) is 13.3. The van der Waals surface area contributed by atoms with Crippen LogP contribution in [0.25, 0.3) is 32.9 Å². The summed E-state index contributed by atoms with van der Waals surface area (Å²) in [5.74, 6) is 0.898. The van der Waals surface area contributed by atoms with Crippen molar-refractivity contribution < 1.29 is 9.13 Å². The zero-order valence-corrected chi connectivity index (χ0v) is 24.0. The number of anilines is 1. The Kier molecular flexibility index (Phi) is 5.74. The summed E-state index contributed by atoms with van der Waals surface area (Å²) in [6, 6.07) is 13.7. The second kappa shape index (κ2) is 9.58. The van der Waals surface area contributed by atoms with Crippen LogP contribution in [-0.4, -0.2) is 70.3 Å². The van der Waals surface area contributed by atoms with Gasteiger partial charge >= 0.3 is 6.01 Å². The van der Waals surface area contributed by atoms with Crippen LogP contribution < -0.4 is 15.0 Å². The monoisotopic (exact) mass is 564 g/mol. The van der Waals surface area contributed by atoms with Gasteiger partial charge in [-0.25, -0.2) is 4.39 Å². The average molecular weight is 565 g/mol. The molecule has 2 aromatic carbocycles. The molecule has 5 fully saturated rings. The van der Waals surface area contributed by atoms with Crippen molar-refractivity contribution in [2.45, 2.75) is 74.9 Å². The van der Waals surface area contributed by atoms with Crippen LogP contribution in [0, 0.1) is 5.82 Å². The number of aromatic nitrogens is 3. The molecule has 2 atom stereocenters. The fourth-order valence-corrected chi connectivity index (χ4v) is 8.45. The number of fused-ring (bicyclic) bond motifs is 5. The van der Waals surface area contributed by atoms with Crippen molar-refractivity contribution in [1.29, 1.82) is 0 Å². The van der Waals surface area contributed by atoms with Crippen LogP contribution in [0.5, 0.6) is 6.01 Å². The van der Waals surface area contributed by atoms with Crippen LogP contribution >= 0.6 is 0 Å². The van der Waals surface area contributed by atoms with Crippen molar-refractivity contribution in [2.24, 2.45) is 0 Å². The SMILES string of the molecule is Fc1c(-c2cccc3cccc(C4CC4)c23)ncc2c(N3C[C@H]4CC[C@@H](C3)N4)nc(OCC34CCCN3CCC4)nc12. The number of ether oxygens (including phenoxy) is 1. The molecule has 1 saturated carbocycles. The third kappa shape index (κ3) is 4.02. The summed E-state index contributed by atoms with van der Waals surface area (Å²) in [5.41, 5.74) is 2.86. The van der Waals surface area contributed by atoms with E-state index in [0.717, 1.165) is 74.0 Å². The first-order valence-electron chi connectivity index (χ1n) is 15.9. The standard InChI is InChI=1S/C34H37FN6O/c35-29-30(26-8-2-6-22-5-1-7-25(28(22)26)21-9-10-21)36-17-27-31(29)38-33(42-20-34-13-3-15-41(34)16-4-14-34)39-32(27)40-18-23-11-12-24(19-40)37-23/h1-2,5-8,17,21,23-24,37H,3-4,9-16,18-20H2/t23-,24+. The molecule has 0 unspecified atom stereocenters. The number of hydrogen-bond acceptors (Lipinski definition) is 7. The number of halogens is 1. The van der Waals surface area contributed by atoms with Crippen molar-refractivity contribution in [1.82, 2.24) is 25.2 Å². The highest BCUT2D eigenvalue weighted by Gasteiger charge is 2.45. The normalized spacial score (nSPS) is 25.0. The lowest BCUT2D eigenvalue weighted by atomic mass is 9.94. The third-order valence-electron chi connectivity index (χ3n) is 10.6. The quantitative estimate of drug-likeness (QED) is 0.317. The fraction of sp³-hybridized carbons (Fsp3) is 0.500. The van der Waals surface area contributed by atoms with Gasteiger partial charge in [-0.1, -0.05) is 36.4 Å². The molecule has 6 heterocycles. The smallest absolute Gasteiger partial charge is 0.319 e. The summed E-state index contributed by atoms with van der Waals surface area (Å²) in [6.45, 7) is 4.51. The molecular weight excluding hydrogens is 527 g/mol. The molecule has 8 heteroatoms. The molecule has 4 aromatic rings. The first-order chi connectivity index (χ1) is 20.6. The van der Waals surface area contributed by atoms with Crippen molar-refractivity contribution >= 4 is 27.5 Å². The average Bonchev–Trinajstić information content (AvgIpc) is 3.54. The van der Waals surface area contributed by atoms with E-state index < -0.39 is 5.82 Å². The van der Waals surface area contributed by atoms with Crippen LogP contribution in [0.2, 0.25) is 0 Å². The first kappa shape index (κ1) is 25.2. The summed E-state index contributed by atoms with van der Waals surface area (Å²) < 4.78 is 23.3. The molecule has 5 aliphatic rings. The number of nitrogens with zero attached hydrogens (tertiary/aromatic N) is 5. The Morgan fingerprint density at radius 2 is 1.71 bits per heavy atom. The Morgan fingerprint density at radius 3 is 2.48 bits per heavy atom. The number of nitrogens with one attached hydrogen (secondary N) is 1. The first-order valence-corrected chi connectivity index (χ1v) is 15.9. The summed E-state index contributed by atoms with van der Waals surface area (Å²) >= 11 is 0. The van der Waals surface area contributed by atoms with Gasteiger partial charge in [0.15, 0.2) is 5.82 Å². The highest BCUT2D eigenvalue weighted by Crippen LogP contribution is 2.46. The Balaban J connectivity index is 1.18. The van der Waals surface area contributed by atoms with Crippen LogP contribution in [0.3, 0.4) is 0 Å². The van der Waals surface area contributed by atoms with Gasteiger partial charge in [0.2, 0.25) is 0 Å². The van der Waals surface area contributed by atoms with Crippen molar-refractivity contribution in [3.05, 3.63) is 54.0 Å². The lowest BCUT2D eigenvalue weighted by Gasteiger charge is -2.34. The van der Waals surface area contributed by atoms with Gasteiger partial charge in [-0.15, -0.1) is 0 Å². The van der Waals surface area contributed by atoms with Crippen molar-refractivity contribution in [3.63, 3.8) is 0 Å². The highest BCUT2D eigenvalue weighted by molar-refractivity contribution is 6.01. The molecule has 0 spiro atoms. The number of hydrogen-bond donors (Lipinski definition) is 1. The van der Waals surface area contributed by atoms with Crippen LogP contribution in [0.15, 0.2) is 42.6 Å². The highest BCUT2D eigenvalue weighted by atomic mass is 19.1. The van der Waals surface area contributed by atoms with Crippen LogP contribution in [0.4, 0.5) is 10.2 Å². The van der Waals surface area contributed by atoms with Crippen molar-refractivity contribution in [3.8, 4) is 17.3 Å². The molecule has 42 heavy (non-hydrogen) atoms. The maximum Gasteiger partial charge on any atom is 0.319 e. The van der Waals surface area contributed by atoms with Crippen LogP contribution in [0.1, 0.15) is 62.8 Å². The van der Waals surface area contributed by atoms with E-state index in [1.165, 1.54) is 31.2 Å². The molecule has 216 valence electrons. The van der Waals surface area contributed by atoms with Gasteiger partial charge in [0, 0.05) is 36.9 Å². The second-order valence-electron chi connectivity index (χ2n) is 13.3.